The predicted molar refractivity (Wildman–Crippen MR) is 75.7 cm³/mol. The number of alkyl halides is 2. The molecule has 2 rings (SSSR count). The lowest BCUT2D eigenvalue weighted by molar-refractivity contribution is -0.128. The van der Waals surface area contributed by atoms with Gasteiger partial charge >= 0.3 is 12.6 Å². The van der Waals surface area contributed by atoms with Crippen LogP contribution in [0.1, 0.15) is 10.4 Å². The highest BCUT2D eigenvalue weighted by Crippen LogP contribution is 2.28. The molecule has 0 spiro atoms. The summed E-state index contributed by atoms with van der Waals surface area (Å²) in [7, 11) is 1.17. The van der Waals surface area contributed by atoms with Crippen LogP contribution in [-0.2, 0) is 14.3 Å². The Labute approximate surface area is 130 Å². The molecule has 7 nitrogen and oxygen atoms in total. The van der Waals surface area contributed by atoms with Gasteiger partial charge in [0.15, 0.2) is 0 Å². The number of benzene rings is 1. The predicted octanol–water partition coefficient (Wildman–Crippen LogP) is 1.00. The number of carbonyl (C=O) groups is 2. The van der Waals surface area contributed by atoms with E-state index in [4.69, 9.17) is 4.74 Å². The number of nitrogens with one attached hydrogen (secondary N) is 2. The van der Waals surface area contributed by atoms with Gasteiger partial charge in [0.1, 0.15) is 11.9 Å². The van der Waals surface area contributed by atoms with E-state index in [0.29, 0.717) is 19.7 Å². The molecule has 1 amide bonds. The summed E-state index contributed by atoms with van der Waals surface area (Å²) in [4.78, 5) is 23.5. The standard InChI is InChI=1S/C14H16F2N2O5/c1-21-13(20)8-2-3-9(10(6-8)23-14(15)16)18-12(19)11-7-17-4-5-22-11/h2-3,6,11,14,17H,4-5,7H2,1H3,(H,18,19). The smallest absolute Gasteiger partial charge is 0.387 e. The van der Waals surface area contributed by atoms with Crippen molar-refractivity contribution >= 4 is 17.6 Å². The van der Waals surface area contributed by atoms with E-state index < -0.39 is 24.6 Å². The summed E-state index contributed by atoms with van der Waals surface area (Å²) < 4.78 is 39.2. The zero-order valence-electron chi connectivity index (χ0n) is 12.3. The Morgan fingerprint density at radius 3 is 2.83 bits per heavy atom. The lowest BCUT2D eigenvalue weighted by atomic mass is 10.1. The number of methoxy groups -OCH3 is 1. The molecule has 0 radical (unpaired) electrons. The van der Waals surface area contributed by atoms with E-state index in [1.807, 2.05) is 0 Å². The highest BCUT2D eigenvalue weighted by molar-refractivity contribution is 5.97. The molecule has 1 aliphatic rings. The van der Waals surface area contributed by atoms with Gasteiger partial charge in [0.05, 0.1) is 25.0 Å². The van der Waals surface area contributed by atoms with Gasteiger partial charge in [0, 0.05) is 13.1 Å². The van der Waals surface area contributed by atoms with Crippen molar-refractivity contribution in [2.24, 2.45) is 0 Å². The molecule has 1 heterocycles. The Balaban J connectivity index is 2.18. The molecule has 1 saturated heterocycles. The first-order valence-electron chi connectivity index (χ1n) is 6.81. The molecule has 23 heavy (non-hydrogen) atoms. The molecule has 2 N–H and O–H groups in total. The minimum atomic E-state index is -3.11. The highest BCUT2D eigenvalue weighted by atomic mass is 19.3. The van der Waals surface area contributed by atoms with Crippen LogP contribution in [0.25, 0.3) is 0 Å². The van der Waals surface area contributed by atoms with Crippen LogP contribution in [0.5, 0.6) is 5.75 Å². The zero-order chi connectivity index (χ0) is 16.8. The number of halogens is 2. The Morgan fingerprint density at radius 1 is 1.43 bits per heavy atom. The molecule has 0 saturated carbocycles. The molecule has 1 aromatic carbocycles. The fourth-order valence-corrected chi connectivity index (χ4v) is 2.01. The van der Waals surface area contributed by atoms with Gasteiger partial charge in [-0.15, -0.1) is 0 Å². The van der Waals surface area contributed by atoms with E-state index in [-0.39, 0.29) is 17.0 Å². The van der Waals surface area contributed by atoms with E-state index >= 15 is 0 Å². The number of ether oxygens (including phenoxy) is 3. The zero-order valence-corrected chi connectivity index (χ0v) is 12.3. The van der Waals surface area contributed by atoms with Crippen molar-refractivity contribution in [2.45, 2.75) is 12.7 Å². The van der Waals surface area contributed by atoms with Crippen molar-refractivity contribution in [1.82, 2.24) is 5.32 Å². The van der Waals surface area contributed by atoms with Crippen molar-refractivity contribution in [2.75, 3.05) is 32.1 Å². The molecule has 1 unspecified atom stereocenters. The summed E-state index contributed by atoms with van der Waals surface area (Å²) in [5, 5.41) is 5.44. The van der Waals surface area contributed by atoms with Crippen LogP contribution in [0, 0.1) is 0 Å². The van der Waals surface area contributed by atoms with Gasteiger partial charge in [-0.05, 0) is 18.2 Å². The maximum atomic E-state index is 12.5. The third-order valence-electron chi connectivity index (χ3n) is 3.10. The van der Waals surface area contributed by atoms with Crippen molar-refractivity contribution < 1.29 is 32.6 Å². The van der Waals surface area contributed by atoms with Crippen LogP contribution in [0.2, 0.25) is 0 Å². The van der Waals surface area contributed by atoms with Crippen molar-refractivity contribution in [3.05, 3.63) is 23.8 Å². The summed E-state index contributed by atoms with van der Waals surface area (Å²) in [5.74, 6) is -1.54. The van der Waals surface area contributed by atoms with E-state index in [0.717, 1.165) is 6.07 Å². The Bertz CT molecular complexity index is 576. The second-order valence-electron chi connectivity index (χ2n) is 4.63. The third kappa shape index (κ3) is 4.60. The number of esters is 1. The molecule has 1 atom stereocenters. The number of carbonyl (C=O) groups excluding carboxylic acids is 2. The molecule has 1 aromatic rings. The average Bonchev–Trinajstić information content (AvgIpc) is 2.56. The van der Waals surface area contributed by atoms with E-state index in [1.165, 1.54) is 19.2 Å². The fourth-order valence-electron chi connectivity index (χ4n) is 2.01. The number of anilines is 1. The summed E-state index contributed by atoms with van der Waals surface area (Å²) in [5.41, 5.74) is 0.0360. The van der Waals surface area contributed by atoms with E-state index in [2.05, 4.69) is 20.1 Å². The van der Waals surface area contributed by atoms with Crippen LogP contribution < -0.4 is 15.4 Å². The molecular weight excluding hydrogens is 314 g/mol. The summed E-state index contributed by atoms with van der Waals surface area (Å²) in [6.07, 6.45) is -0.733. The Kier molecular flexibility index (Phi) is 5.83. The average molecular weight is 330 g/mol. The maximum absolute atomic E-state index is 12.5. The van der Waals surface area contributed by atoms with Gasteiger partial charge in [-0.25, -0.2) is 4.79 Å². The van der Waals surface area contributed by atoms with Crippen molar-refractivity contribution in [3.8, 4) is 5.75 Å². The van der Waals surface area contributed by atoms with Crippen LogP contribution in [-0.4, -0.2) is 51.4 Å². The van der Waals surface area contributed by atoms with Crippen LogP contribution in [0.3, 0.4) is 0 Å². The van der Waals surface area contributed by atoms with Gasteiger partial charge in [0.2, 0.25) is 0 Å². The van der Waals surface area contributed by atoms with Crippen LogP contribution >= 0.6 is 0 Å². The molecule has 9 heteroatoms. The Hall–Kier alpha value is -2.26. The molecular formula is C14H16F2N2O5. The highest BCUT2D eigenvalue weighted by Gasteiger charge is 2.23. The topological polar surface area (TPSA) is 85.9 Å². The van der Waals surface area contributed by atoms with Gasteiger partial charge in [-0.2, -0.15) is 8.78 Å². The number of hydrogen-bond donors (Lipinski definition) is 2. The number of hydrogen-bond acceptors (Lipinski definition) is 6. The van der Waals surface area contributed by atoms with Gasteiger partial charge in [-0.1, -0.05) is 0 Å². The molecule has 0 bridgehead atoms. The fraction of sp³-hybridized carbons (Fsp3) is 0.429. The SMILES string of the molecule is COC(=O)c1ccc(NC(=O)C2CNCCO2)c(OC(F)F)c1. The molecule has 1 fully saturated rings. The molecule has 1 aliphatic heterocycles. The van der Waals surface area contributed by atoms with Gasteiger partial charge in [0.25, 0.3) is 5.91 Å². The quantitative estimate of drug-likeness (QED) is 0.784. The summed E-state index contributed by atoms with van der Waals surface area (Å²) in [6, 6.07) is 3.70. The van der Waals surface area contributed by atoms with Crippen molar-refractivity contribution in [1.29, 1.82) is 0 Å². The third-order valence-corrected chi connectivity index (χ3v) is 3.10. The molecule has 126 valence electrons. The van der Waals surface area contributed by atoms with Crippen LogP contribution in [0.15, 0.2) is 18.2 Å². The first-order chi connectivity index (χ1) is 11.0. The molecule has 0 aromatic heterocycles. The van der Waals surface area contributed by atoms with Crippen LogP contribution in [0.4, 0.5) is 14.5 Å². The number of morpholine rings is 1. The van der Waals surface area contributed by atoms with Gasteiger partial charge < -0.3 is 24.8 Å². The number of rotatable bonds is 5. The first kappa shape index (κ1) is 17.1. The lowest BCUT2D eigenvalue weighted by Gasteiger charge is -2.23. The first-order valence-corrected chi connectivity index (χ1v) is 6.81. The largest absolute Gasteiger partial charge is 0.465 e. The second-order valence-corrected chi connectivity index (χ2v) is 4.63. The lowest BCUT2D eigenvalue weighted by Crippen LogP contribution is -2.45. The number of amides is 1. The minimum absolute atomic E-state index is 0.0112. The normalized spacial score (nSPS) is 17.7. The maximum Gasteiger partial charge on any atom is 0.387 e. The summed E-state index contributed by atoms with van der Waals surface area (Å²) >= 11 is 0. The molecule has 0 aliphatic carbocycles. The van der Waals surface area contributed by atoms with E-state index in [9.17, 15) is 18.4 Å². The van der Waals surface area contributed by atoms with Crippen molar-refractivity contribution in [3.63, 3.8) is 0 Å². The Morgan fingerprint density at radius 2 is 2.22 bits per heavy atom. The summed E-state index contributed by atoms with van der Waals surface area (Å²) in [6.45, 7) is -1.78. The second kappa shape index (κ2) is 7.84. The monoisotopic (exact) mass is 330 g/mol. The minimum Gasteiger partial charge on any atom is -0.465 e. The van der Waals surface area contributed by atoms with Gasteiger partial charge in [-0.3, -0.25) is 4.79 Å². The van der Waals surface area contributed by atoms with E-state index in [1.54, 1.807) is 0 Å².